The largest absolute Gasteiger partial charge is 0.466 e. The van der Waals surface area contributed by atoms with Crippen molar-refractivity contribution in [1.29, 1.82) is 0 Å². The zero-order valence-corrected chi connectivity index (χ0v) is 14.4. The second-order valence-corrected chi connectivity index (χ2v) is 5.97. The maximum atomic E-state index is 12.3. The molecular formula is C20H16N2O4. The Hall–Kier alpha value is -3.41. The van der Waals surface area contributed by atoms with E-state index in [0.717, 1.165) is 22.1 Å². The van der Waals surface area contributed by atoms with Crippen LogP contribution in [0, 0.1) is 13.8 Å². The monoisotopic (exact) mass is 348 g/mol. The Bertz CT molecular complexity index is 1090. The fourth-order valence-electron chi connectivity index (χ4n) is 2.79. The van der Waals surface area contributed by atoms with Gasteiger partial charge in [-0.1, -0.05) is 30.3 Å². The van der Waals surface area contributed by atoms with Crippen molar-refractivity contribution in [3.8, 4) is 11.5 Å². The summed E-state index contributed by atoms with van der Waals surface area (Å²) in [6.07, 6.45) is 0. The molecule has 6 nitrogen and oxygen atoms in total. The van der Waals surface area contributed by atoms with Crippen LogP contribution in [0.4, 0.5) is 0 Å². The van der Waals surface area contributed by atoms with Crippen LogP contribution in [0.2, 0.25) is 0 Å². The van der Waals surface area contributed by atoms with E-state index in [1.54, 1.807) is 12.1 Å². The minimum atomic E-state index is -0.439. The molecule has 0 amide bonds. The zero-order chi connectivity index (χ0) is 18.1. The van der Waals surface area contributed by atoms with Gasteiger partial charge in [0.25, 0.3) is 11.8 Å². The standard InChI is InChI=1S/C20H16N2O4/c1-12-9-17(13(2)25-12)19-22-21-18(26-19)11-24-20(23)16-8-7-14-5-3-4-6-15(14)10-16/h3-10H,11H2,1-2H3. The topological polar surface area (TPSA) is 78.4 Å². The van der Waals surface area contributed by atoms with E-state index in [0.29, 0.717) is 17.2 Å². The molecule has 0 N–H and O–H groups in total. The molecule has 0 aliphatic rings. The summed E-state index contributed by atoms with van der Waals surface area (Å²) in [5, 5.41) is 9.95. The predicted molar refractivity (Wildman–Crippen MR) is 94.5 cm³/mol. The summed E-state index contributed by atoms with van der Waals surface area (Å²) in [7, 11) is 0. The van der Waals surface area contributed by atoms with E-state index >= 15 is 0 Å². The molecule has 0 unspecified atom stereocenters. The minimum Gasteiger partial charge on any atom is -0.466 e. The first-order chi connectivity index (χ1) is 12.6. The van der Waals surface area contributed by atoms with Gasteiger partial charge in [0, 0.05) is 0 Å². The van der Waals surface area contributed by atoms with Gasteiger partial charge in [0.05, 0.1) is 11.1 Å². The fourth-order valence-corrected chi connectivity index (χ4v) is 2.79. The summed E-state index contributed by atoms with van der Waals surface area (Å²) in [4.78, 5) is 12.3. The van der Waals surface area contributed by atoms with Crippen LogP contribution in [-0.2, 0) is 11.3 Å². The Balaban J connectivity index is 1.46. The molecule has 4 aromatic rings. The van der Waals surface area contributed by atoms with Gasteiger partial charge in [-0.2, -0.15) is 0 Å². The average molecular weight is 348 g/mol. The van der Waals surface area contributed by atoms with Crippen LogP contribution >= 0.6 is 0 Å². The van der Waals surface area contributed by atoms with E-state index in [-0.39, 0.29) is 12.5 Å². The lowest BCUT2D eigenvalue weighted by Gasteiger charge is -2.03. The first-order valence-electron chi connectivity index (χ1n) is 8.16. The van der Waals surface area contributed by atoms with Gasteiger partial charge in [-0.25, -0.2) is 4.79 Å². The normalized spacial score (nSPS) is 11.0. The molecule has 4 rings (SSSR count). The highest BCUT2D eigenvalue weighted by molar-refractivity contribution is 5.95. The summed E-state index contributed by atoms with van der Waals surface area (Å²) in [6.45, 7) is 3.58. The Labute approximate surface area is 149 Å². The molecule has 2 aromatic heterocycles. The third-order valence-corrected chi connectivity index (χ3v) is 4.05. The molecule has 0 aliphatic carbocycles. The van der Waals surface area contributed by atoms with E-state index in [9.17, 15) is 4.79 Å². The molecule has 0 aliphatic heterocycles. The van der Waals surface area contributed by atoms with Crippen molar-refractivity contribution in [2.75, 3.05) is 0 Å². The van der Waals surface area contributed by atoms with Gasteiger partial charge in [0.15, 0.2) is 6.61 Å². The lowest BCUT2D eigenvalue weighted by molar-refractivity contribution is 0.0439. The summed E-state index contributed by atoms with van der Waals surface area (Å²) < 4.78 is 16.3. The number of aryl methyl sites for hydroxylation is 2. The van der Waals surface area contributed by atoms with Crippen LogP contribution in [0.15, 0.2) is 57.4 Å². The molecule has 0 bridgehead atoms. The lowest BCUT2D eigenvalue weighted by Crippen LogP contribution is -2.05. The van der Waals surface area contributed by atoms with Gasteiger partial charge in [-0.15, -0.1) is 10.2 Å². The Morgan fingerprint density at radius 2 is 1.81 bits per heavy atom. The molecule has 2 aromatic carbocycles. The highest BCUT2D eigenvalue weighted by Gasteiger charge is 2.16. The molecule has 130 valence electrons. The van der Waals surface area contributed by atoms with Crippen LogP contribution in [0.3, 0.4) is 0 Å². The summed E-state index contributed by atoms with van der Waals surface area (Å²) >= 11 is 0. The van der Waals surface area contributed by atoms with Crippen LogP contribution in [0.1, 0.15) is 27.8 Å². The predicted octanol–water partition coefficient (Wildman–Crippen LogP) is 4.46. The molecule has 0 spiro atoms. The number of fused-ring (bicyclic) bond motifs is 1. The maximum absolute atomic E-state index is 12.3. The lowest BCUT2D eigenvalue weighted by atomic mass is 10.1. The number of hydrogen-bond acceptors (Lipinski definition) is 6. The second kappa shape index (κ2) is 6.48. The fraction of sp³-hybridized carbons (Fsp3) is 0.150. The van der Waals surface area contributed by atoms with Gasteiger partial charge in [0.2, 0.25) is 0 Å². The van der Waals surface area contributed by atoms with Gasteiger partial charge < -0.3 is 13.6 Å². The van der Waals surface area contributed by atoms with Crippen molar-refractivity contribution >= 4 is 16.7 Å². The molecule has 0 fully saturated rings. The molecule has 0 saturated heterocycles. The van der Waals surface area contributed by atoms with Gasteiger partial charge in [-0.05, 0) is 42.8 Å². The highest BCUT2D eigenvalue weighted by atomic mass is 16.5. The third kappa shape index (κ3) is 3.09. The quantitative estimate of drug-likeness (QED) is 0.507. The Kier molecular flexibility index (Phi) is 4.01. The average Bonchev–Trinajstić information content (AvgIpc) is 3.25. The van der Waals surface area contributed by atoms with Crippen LogP contribution in [0.25, 0.3) is 22.2 Å². The molecule has 0 radical (unpaired) electrons. The van der Waals surface area contributed by atoms with E-state index in [1.807, 2.05) is 50.2 Å². The summed E-state index contributed by atoms with van der Waals surface area (Å²) in [6, 6.07) is 15.1. The number of carbonyl (C=O) groups is 1. The molecule has 26 heavy (non-hydrogen) atoms. The first-order valence-corrected chi connectivity index (χ1v) is 8.16. The zero-order valence-electron chi connectivity index (χ0n) is 14.4. The SMILES string of the molecule is Cc1cc(-c2nnc(COC(=O)c3ccc4ccccc4c3)o2)c(C)o1. The van der Waals surface area contributed by atoms with Gasteiger partial charge in [0.1, 0.15) is 11.5 Å². The summed E-state index contributed by atoms with van der Waals surface area (Å²) in [5.41, 5.74) is 1.21. The van der Waals surface area contributed by atoms with Crippen molar-refractivity contribution in [3.05, 3.63) is 71.5 Å². The third-order valence-electron chi connectivity index (χ3n) is 4.05. The second-order valence-electron chi connectivity index (χ2n) is 5.97. The van der Waals surface area contributed by atoms with Crippen molar-refractivity contribution < 1.29 is 18.4 Å². The molecule has 2 heterocycles. The molecule has 0 atom stereocenters. The number of benzene rings is 2. The number of esters is 1. The number of ether oxygens (including phenoxy) is 1. The van der Waals surface area contributed by atoms with Crippen LogP contribution in [0.5, 0.6) is 0 Å². The minimum absolute atomic E-state index is 0.0887. The van der Waals surface area contributed by atoms with Crippen molar-refractivity contribution in [2.45, 2.75) is 20.5 Å². The number of nitrogens with zero attached hydrogens (tertiary/aromatic N) is 2. The first kappa shape index (κ1) is 16.1. The van der Waals surface area contributed by atoms with Gasteiger partial charge >= 0.3 is 5.97 Å². The smallest absolute Gasteiger partial charge is 0.338 e. The Morgan fingerprint density at radius 3 is 2.58 bits per heavy atom. The number of furan rings is 1. The number of hydrogen-bond donors (Lipinski definition) is 0. The molecule has 0 saturated carbocycles. The van der Waals surface area contributed by atoms with E-state index in [1.165, 1.54) is 0 Å². The van der Waals surface area contributed by atoms with Crippen molar-refractivity contribution in [2.24, 2.45) is 0 Å². The highest BCUT2D eigenvalue weighted by Crippen LogP contribution is 2.25. The van der Waals surface area contributed by atoms with E-state index in [4.69, 9.17) is 13.6 Å². The molecule has 6 heteroatoms. The number of aromatic nitrogens is 2. The van der Waals surface area contributed by atoms with E-state index < -0.39 is 5.97 Å². The molecular weight excluding hydrogens is 332 g/mol. The maximum Gasteiger partial charge on any atom is 0.338 e. The number of rotatable bonds is 4. The number of carbonyl (C=O) groups excluding carboxylic acids is 1. The Morgan fingerprint density at radius 1 is 1.00 bits per heavy atom. The van der Waals surface area contributed by atoms with Crippen molar-refractivity contribution in [1.82, 2.24) is 10.2 Å². The van der Waals surface area contributed by atoms with Crippen LogP contribution < -0.4 is 0 Å². The van der Waals surface area contributed by atoms with Gasteiger partial charge in [-0.3, -0.25) is 0 Å². The van der Waals surface area contributed by atoms with Crippen LogP contribution in [-0.4, -0.2) is 16.2 Å². The van der Waals surface area contributed by atoms with Crippen molar-refractivity contribution in [3.63, 3.8) is 0 Å². The summed E-state index contributed by atoms with van der Waals surface area (Å²) in [5.74, 6) is 1.60. The van der Waals surface area contributed by atoms with E-state index in [2.05, 4.69) is 10.2 Å².